The Morgan fingerprint density at radius 3 is 2.79 bits per heavy atom. The predicted octanol–water partition coefficient (Wildman–Crippen LogP) is 2.46. The summed E-state index contributed by atoms with van der Waals surface area (Å²) in [5, 5.41) is 0. The molecule has 0 bridgehead atoms. The summed E-state index contributed by atoms with van der Waals surface area (Å²) in [6, 6.07) is 7.74. The second kappa shape index (κ2) is 3.46. The third-order valence-electron chi connectivity index (χ3n) is 2.02. The van der Waals surface area contributed by atoms with E-state index in [0.717, 1.165) is 11.1 Å². The van der Waals surface area contributed by atoms with Gasteiger partial charge in [0.1, 0.15) is 12.0 Å². The molecule has 0 amide bonds. The molecule has 1 aromatic heterocycles. The molecule has 0 N–H and O–H groups in total. The van der Waals surface area contributed by atoms with Gasteiger partial charge in [-0.25, -0.2) is 4.98 Å². The first kappa shape index (κ1) is 8.69. The van der Waals surface area contributed by atoms with Crippen LogP contribution >= 0.6 is 0 Å². The molecule has 0 saturated carbocycles. The van der Waals surface area contributed by atoms with Crippen LogP contribution in [0.5, 0.6) is 0 Å². The molecule has 0 atom stereocenters. The van der Waals surface area contributed by atoms with Crippen molar-refractivity contribution in [3.8, 4) is 11.5 Å². The molecule has 0 unspecified atom stereocenters. The minimum atomic E-state index is 0.322. The van der Waals surface area contributed by atoms with E-state index in [2.05, 4.69) is 4.98 Å². The number of benzene rings is 1. The second-order valence-electron chi connectivity index (χ2n) is 3.01. The maximum absolute atomic E-state index is 10.4. The number of aromatic nitrogens is 1. The van der Waals surface area contributed by atoms with Crippen molar-refractivity contribution in [1.29, 1.82) is 0 Å². The van der Waals surface area contributed by atoms with Crippen LogP contribution in [0.3, 0.4) is 0 Å². The Morgan fingerprint density at radius 2 is 2.14 bits per heavy atom. The quantitative estimate of drug-likeness (QED) is 0.678. The molecular formula is C11H9NO2. The van der Waals surface area contributed by atoms with E-state index in [-0.39, 0.29) is 0 Å². The molecule has 0 aliphatic rings. The summed E-state index contributed by atoms with van der Waals surface area (Å²) in [7, 11) is 0. The van der Waals surface area contributed by atoms with Crippen molar-refractivity contribution in [2.75, 3.05) is 0 Å². The molecule has 14 heavy (non-hydrogen) atoms. The fraction of sp³-hybridized carbons (Fsp3) is 0.0909. The Hall–Kier alpha value is -1.90. The number of oxazole rings is 1. The maximum atomic E-state index is 10.4. The Kier molecular flexibility index (Phi) is 2.14. The largest absolute Gasteiger partial charge is 0.444 e. The number of hydrogen-bond donors (Lipinski definition) is 0. The van der Waals surface area contributed by atoms with Gasteiger partial charge < -0.3 is 4.42 Å². The average molecular weight is 187 g/mol. The minimum Gasteiger partial charge on any atom is -0.444 e. The Balaban J connectivity index is 2.49. The number of nitrogens with zero attached hydrogens (tertiary/aromatic N) is 1. The van der Waals surface area contributed by atoms with E-state index in [4.69, 9.17) is 4.42 Å². The average Bonchev–Trinajstić information content (AvgIpc) is 2.67. The summed E-state index contributed by atoms with van der Waals surface area (Å²) in [4.78, 5) is 14.4. The monoisotopic (exact) mass is 187 g/mol. The van der Waals surface area contributed by atoms with Crippen molar-refractivity contribution < 1.29 is 9.21 Å². The molecular weight excluding hydrogens is 178 g/mol. The van der Waals surface area contributed by atoms with Crippen LogP contribution in [-0.4, -0.2) is 11.3 Å². The lowest BCUT2D eigenvalue weighted by Crippen LogP contribution is -1.83. The van der Waals surface area contributed by atoms with Crippen LogP contribution in [0.25, 0.3) is 11.5 Å². The molecule has 0 fully saturated rings. The van der Waals surface area contributed by atoms with Crippen molar-refractivity contribution >= 4 is 6.29 Å². The summed E-state index contributed by atoms with van der Waals surface area (Å²) >= 11 is 0. The van der Waals surface area contributed by atoms with Crippen molar-refractivity contribution in [2.45, 2.75) is 6.92 Å². The second-order valence-corrected chi connectivity index (χ2v) is 3.01. The van der Waals surface area contributed by atoms with Crippen LogP contribution in [0.4, 0.5) is 0 Å². The molecule has 3 heteroatoms. The molecule has 0 saturated heterocycles. The first-order chi connectivity index (χ1) is 6.81. The molecule has 0 aliphatic carbocycles. The summed E-state index contributed by atoms with van der Waals surface area (Å²) in [6.07, 6.45) is 2.03. The fourth-order valence-corrected chi connectivity index (χ4v) is 1.28. The molecule has 1 aromatic carbocycles. The zero-order chi connectivity index (χ0) is 9.97. The molecule has 2 rings (SSSR count). The maximum Gasteiger partial charge on any atom is 0.226 e. The summed E-state index contributed by atoms with van der Waals surface area (Å²) in [5.74, 6) is 0.491. The predicted molar refractivity (Wildman–Crippen MR) is 52.1 cm³/mol. The van der Waals surface area contributed by atoms with Crippen LogP contribution in [0.15, 0.2) is 34.9 Å². The lowest BCUT2D eigenvalue weighted by Gasteiger charge is -1.98. The molecule has 0 radical (unpaired) electrons. The highest BCUT2D eigenvalue weighted by molar-refractivity contribution is 5.72. The Bertz CT molecular complexity index is 460. The highest BCUT2D eigenvalue weighted by Gasteiger charge is 2.07. The van der Waals surface area contributed by atoms with Crippen LogP contribution in [0.2, 0.25) is 0 Å². The highest BCUT2D eigenvalue weighted by atomic mass is 16.3. The van der Waals surface area contributed by atoms with E-state index in [0.29, 0.717) is 17.9 Å². The van der Waals surface area contributed by atoms with Gasteiger partial charge in [-0.3, -0.25) is 4.79 Å². The van der Waals surface area contributed by atoms with Gasteiger partial charge in [0.15, 0.2) is 6.29 Å². The van der Waals surface area contributed by atoms with E-state index in [9.17, 15) is 4.79 Å². The topological polar surface area (TPSA) is 43.1 Å². The third kappa shape index (κ3) is 1.44. The van der Waals surface area contributed by atoms with Gasteiger partial charge in [0.25, 0.3) is 0 Å². The number of aldehydes is 1. The van der Waals surface area contributed by atoms with E-state index in [1.165, 1.54) is 6.26 Å². The normalized spacial score (nSPS) is 10.1. The van der Waals surface area contributed by atoms with Crippen molar-refractivity contribution in [3.63, 3.8) is 0 Å². The lowest BCUT2D eigenvalue weighted by atomic mass is 10.1. The van der Waals surface area contributed by atoms with Gasteiger partial charge >= 0.3 is 0 Å². The van der Waals surface area contributed by atoms with Crippen molar-refractivity contribution in [3.05, 3.63) is 41.8 Å². The molecule has 1 heterocycles. The fourth-order valence-electron chi connectivity index (χ4n) is 1.28. The molecule has 0 spiro atoms. The van der Waals surface area contributed by atoms with Gasteiger partial charge in [-0.15, -0.1) is 0 Å². The SMILES string of the molecule is Cc1ccccc1-c1nc(C=O)co1. The van der Waals surface area contributed by atoms with Crippen LogP contribution < -0.4 is 0 Å². The summed E-state index contributed by atoms with van der Waals surface area (Å²) in [5.41, 5.74) is 2.32. The van der Waals surface area contributed by atoms with Gasteiger partial charge in [-0.05, 0) is 18.6 Å². The highest BCUT2D eigenvalue weighted by Crippen LogP contribution is 2.21. The first-order valence-corrected chi connectivity index (χ1v) is 4.28. The molecule has 70 valence electrons. The van der Waals surface area contributed by atoms with Gasteiger partial charge in [0.05, 0.1) is 0 Å². The first-order valence-electron chi connectivity index (χ1n) is 4.28. The number of rotatable bonds is 2. The van der Waals surface area contributed by atoms with Crippen LogP contribution in [0.1, 0.15) is 16.1 Å². The number of aryl methyl sites for hydroxylation is 1. The molecule has 2 aromatic rings. The van der Waals surface area contributed by atoms with Gasteiger partial charge in [0.2, 0.25) is 5.89 Å². The van der Waals surface area contributed by atoms with Gasteiger partial charge in [-0.1, -0.05) is 18.2 Å². The zero-order valence-corrected chi connectivity index (χ0v) is 7.73. The third-order valence-corrected chi connectivity index (χ3v) is 2.02. The minimum absolute atomic E-state index is 0.322. The van der Waals surface area contributed by atoms with Crippen LogP contribution in [0, 0.1) is 6.92 Å². The Labute approximate surface area is 81.4 Å². The van der Waals surface area contributed by atoms with Crippen molar-refractivity contribution in [1.82, 2.24) is 4.98 Å². The smallest absolute Gasteiger partial charge is 0.226 e. The molecule has 3 nitrogen and oxygen atoms in total. The van der Waals surface area contributed by atoms with Gasteiger partial charge in [-0.2, -0.15) is 0 Å². The standard InChI is InChI=1S/C11H9NO2/c1-8-4-2-3-5-10(8)11-12-9(6-13)7-14-11/h2-7H,1H3. The Morgan fingerprint density at radius 1 is 1.36 bits per heavy atom. The zero-order valence-electron chi connectivity index (χ0n) is 7.73. The lowest BCUT2D eigenvalue weighted by molar-refractivity contribution is 0.111. The number of carbonyl (C=O) groups excluding carboxylic acids is 1. The summed E-state index contributed by atoms with van der Waals surface area (Å²) in [6.45, 7) is 1.97. The van der Waals surface area contributed by atoms with E-state index >= 15 is 0 Å². The van der Waals surface area contributed by atoms with E-state index < -0.39 is 0 Å². The summed E-state index contributed by atoms with van der Waals surface area (Å²) < 4.78 is 5.18. The number of carbonyl (C=O) groups is 1. The van der Waals surface area contributed by atoms with E-state index in [1.54, 1.807) is 0 Å². The van der Waals surface area contributed by atoms with Gasteiger partial charge in [0, 0.05) is 5.56 Å². The number of hydrogen-bond acceptors (Lipinski definition) is 3. The van der Waals surface area contributed by atoms with Crippen molar-refractivity contribution in [2.24, 2.45) is 0 Å². The van der Waals surface area contributed by atoms with Crippen LogP contribution in [-0.2, 0) is 0 Å². The van der Waals surface area contributed by atoms with E-state index in [1.807, 2.05) is 31.2 Å². The molecule has 0 aliphatic heterocycles.